The molecule has 1 fully saturated rings. The summed E-state index contributed by atoms with van der Waals surface area (Å²) in [5, 5.41) is 0. The summed E-state index contributed by atoms with van der Waals surface area (Å²) >= 11 is 0. The molecule has 8 atom stereocenters. The highest BCUT2D eigenvalue weighted by Gasteiger charge is 2.44. The Labute approximate surface area is 349 Å². The van der Waals surface area contributed by atoms with Crippen LogP contribution in [-0.4, -0.2) is 108 Å². The number of hydrogen-bond acceptors (Lipinski definition) is 9. The molecule has 1 aliphatic heterocycles. The minimum Gasteiger partial charge on any atom is -0.450 e. The first-order chi connectivity index (χ1) is 28.1. The van der Waals surface area contributed by atoms with Gasteiger partial charge in [0.25, 0.3) is 17.7 Å². The average Bonchev–Trinajstić information content (AvgIpc) is 3.25. The Morgan fingerprint density at radius 2 is 0.695 bits per heavy atom. The van der Waals surface area contributed by atoms with Crippen LogP contribution in [0.4, 0.5) is 0 Å². The third-order valence-corrected chi connectivity index (χ3v) is 11.5. The van der Waals surface area contributed by atoms with E-state index >= 15 is 0 Å². The zero-order valence-electron chi connectivity index (χ0n) is 35.9. The molecule has 0 bridgehead atoms. The molecule has 12 nitrogen and oxygen atoms in total. The van der Waals surface area contributed by atoms with Crippen molar-refractivity contribution in [2.75, 3.05) is 21.1 Å². The molecule has 3 aromatic rings. The Morgan fingerprint density at radius 3 is 0.949 bits per heavy atom. The Kier molecular flexibility index (Phi) is 16.8. The summed E-state index contributed by atoms with van der Waals surface area (Å²) in [4.78, 5) is 90.9. The standard InChI is InChI=1S/C47H61N3O9/c1-10-31(5)40-43(52)49(8)36(27-33-21-15-12-16-22-33)45(54)57-39(30(3)4)42(51)48(7)37(28-34-23-17-13-18-24-34)46(55)58-41(32(6)11-2)44(53)50(9)38(47(56)59-40)29-35-25-19-14-20-26-35/h12-26,30-32,36-41H,10-11,27-29H2,1-9H3/t31-,32-,36+,37+,38+,39-,40-,41?/m1/s1. The van der Waals surface area contributed by atoms with E-state index in [1.807, 2.05) is 105 Å². The number of amides is 3. The number of carbonyl (C=O) groups excluding carboxylic acids is 6. The van der Waals surface area contributed by atoms with Gasteiger partial charge in [0.15, 0.2) is 18.3 Å². The number of likely N-dealkylation sites (N-methyl/N-ethyl adjacent to an activating group) is 3. The first-order valence-electron chi connectivity index (χ1n) is 20.6. The molecule has 0 aromatic heterocycles. The summed E-state index contributed by atoms with van der Waals surface area (Å²) in [6.45, 7) is 10.7. The van der Waals surface area contributed by atoms with Gasteiger partial charge in [-0.3, -0.25) is 14.4 Å². The van der Waals surface area contributed by atoms with Crippen LogP contribution in [0.2, 0.25) is 0 Å². The predicted molar refractivity (Wildman–Crippen MR) is 223 cm³/mol. The summed E-state index contributed by atoms with van der Waals surface area (Å²) < 4.78 is 18.3. The van der Waals surface area contributed by atoms with E-state index in [1.54, 1.807) is 27.7 Å². The topological polar surface area (TPSA) is 140 Å². The molecule has 3 aromatic carbocycles. The van der Waals surface area contributed by atoms with Gasteiger partial charge in [0, 0.05) is 52.2 Å². The van der Waals surface area contributed by atoms with E-state index in [9.17, 15) is 28.8 Å². The van der Waals surface area contributed by atoms with Gasteiger partial charge < -0.3 is 28.9 Å². The lowest BCUT2D eigenvalue weighted by molar-refractivity contribution is -0.180. The Bertz CT molecular complexity index is 1830. The molecule has 0 radical (unpaired) electrons. The van der Waals surface area contributed by atoms with Crippen LogP contribution in [0, 0.1) is 17.8 Å². The van der Waals surface area contributed by atoms with E-state index in [0.717, 1.165) is 16.7 Å². The van der Waals surface area contributed by atoms with Crippen molar-refractivity contribution in [3.8, 4) is 0 Å². The lowest BCUT2D eigenvalue weighted by Gasteiger charge is -2.37. The van der Waals surface area contributed by atoms with Crippen molar-refractivity contribution in [3.63, 3.8) is 0 Å². The summed E-state index contributed by atoms with van der Waals surface area (Å²) in [5.74, 6) is -5.99. The van der Waals surface area contributed by atoms with E-state index < -0.39 is 89.8 Å². The minimum absolute atomic E-state index is 0.0335. The van der Waals surface area contributed by atoms with Crippen LogP contribution in [0.5, 0.6) is 0 Å². The zero-order chi connectivity index (χ0) is 43.4. The molecule has 4 rings (SSSR count). The maximum Gasteiger partial charge on any atom is 0.329 e. The van der Waals surface area contributed by atoms with Gasteiger partial charge in [0.1, 0.15) is 18.1 Å². The molecular weight excluding hydrogens is 751 g/mol. The largest absolute Gasteiger partial charge is 0.450 e. The fourth-order valence-corrected chi connectivity index (χ4v) is 7.04. The van der Waals surface area contributed by atoms with Gasteiger partial charge in [-0.1, -0.05) is 133 Å². The van der Waals surface area contributed by atoms with Crippen molar-refractivity contribution < 1.29 is 43.0 Å². The molecule has 12 heteroatoms. The predicted octanol–water partition coefficient (Wildman–Crippen LogP) is 5.69. The molecule has 318 valence electrons. The van der Waals surface area contributed by atoms with Crippen molar-refractivity contribution in [2.24, 2.45) is 17.8 Å². The maximum atomic E-state index is 14.7. The van der Waals surface area contributed by atoms with E-state index in [4.69, 9.17) is 14.2 Å². The van der Waals surface area contributed by atoms with Crippen molar-refractivity contribution in [3.05, 3.63) is 108 Å². The van der Waals surface area contributed by atoms with Gasteiger partial charge in [-0.25, -0.2) is 14.4 Å². The first-order valence-corrected chi connectivity index (χ1v) is 20.6. The molecule has 1 saturated heterocycles. The monoisotopic (exact) mass is 811 g/mol. The fraction of sp³-hybridized carbons (Fsp3) is 0.489. The Morgan fingerprint density at radius 1 is 0.441 bits per heavy atom. The number of benzene rings is 3. The molecule has 0 aliphatic carbocycles. The second kappa shape index (κ2) is 21.5. The summed E-state index contributed by atoms with van der Waals surface area (Å²) in [6, 6.07) is 23.6. The third-order valence-electron chi connectivity index (χ3n) is 11.5. The summed E-state index contributed by atoms with van der Waals surface area (Å²) in [6.07, 6.45) is -3.07. The average molecular weight is 812 g/mol. The summed E-state index contributed by atoms with van der Waals surface area (Å²) in [5.41, 5.74) is 2.18. The zero-order valence-corrected chi connectivity index (χ0v) is 35.9. The van der Waals surface area contributed by atoms with E-state index in [-0.39, 0.29) is 19.3 Å². The smallest absolute Gasteiger partial charge is 0.329 e. The number of hydrogen-bond donors (Lipinski definition) is 0. The van der Waals surface area contributed by atoms with Gasteiger partial charge in [-0.2, -0.15) is 0 Å². The molecule has 59 heavy (non-hydrogen) atoms. The van der Waals surface area contributed by atoms with Crippen molar-refractivity contribution in [1.82, 2.24) is 14.7 Å². The molecule has 0 saturated carbocycles. The minimum atomic E-state index is -1.36. The first kappa shape index (κ1) is 46.2. The van der Waals surface area contributed by atoms with Crippen LogP contribution in [0.1, 0.15) is 71.1 Å². The normalized spacial score (nSPS) is 24.2. The fourth-order valence-electron chi connectivity index (χ4n) is 7.04. The maximum absolute atomic E-state index is 14.7. The van der Waals surface area contributed by atoms with Gasteiger partial charge in [-0.15, -0.1) is 0 Å². The highest BCUT2D eigenvalue weighted by atomic mass is 16.6. The van der Waals surface area contributed by atoms with E-state index in [2.05, 4.69) is 0 Å². The van der Waals surface area contributed by atoms with E-state index in [0.29, 0.717) is 12.8 Å². The number of nitrogens with zero attached hydrogens (tertiary/aromatic N) is 3. The van der Waals surface area contributed by atoms with Crippen LogP contribution in [-0.2, 0) is 62.2 Å². The molecule has 1 aliphatic rings. The number of ether oxygens (including phenoxy) is 3. The van der Waals surface area contributed by atoms with Crippen LogP contribution in [0.15, 0.2) is 91.0 Å². The van der Waals surface area contributed by atoms with E-state index in [1.165, 1.54) is 35.8 Å². The highest BCUT2D eigenvalue weighted by Crippen LogP contribution is 2.25. The van der Waals surface area contributed by atoms with Crippen LogP contribution in [0.25, 0.3) is 0 Å². The van der Waals surface area contributed by atoms with Gasteiger partial charge in [-0.05, 0) is 35.4 Å². The number of esters is 3. The van der Waals surface area contributed by atoms with Gasteiger partial charge >= 0.3 is 17.9 Å². The van der Waals surface area contributed by atoms with Crippen LogP contribution in [0.3, 0.4) is 0 Å². The Balaban J connectivity index is 1.91. The van der Waals surface area contributed by atoms with Gasteiger partial charge in [0.2, 0.25) is 0 Å². The molecule has 1 unspecified atom stereocenters. The second-order valence-electron chi connectivity index (χ2n) is 16.1. The number of cyclic esters (lactones) is 3. The van der Waals surface area contributed by atoms with Crippen molar-refractivity contribution in [1.29, 1.82) is 0 Å². The molecule has 3 amide bonds. The van der Waals surface area contributed by atoms with Crippen molar-refractivity contribution in [2.45, 2.75) is 110 Å². The van der Waals surface area contributed by atoms with Gasteiger partial charge in [0.05, 0.1) is 0 Å². The van der Waals surface area contributed by atoms with Crippen LogP contribution < -0.4 is 0 Å². The Hall–Kier alpha value is -5.52. The summed E-state index contributed by atoms with van der Waals surface area (Å²) in [7, 11) is 4.36. The number of rotatable bonds is 11. The lowest BCUT2D eigenvalue weighted by atomic mass is 9.97. The van der Waals surface area contributed by atoms with Crippen molar-refractivity contribution >= 4 is 35.6 Å². The number of carbonyl (C=O) groups is 6. The second-order valence-corrected chi connectivity index (χ2v) is 16.1. The quantitative estimate of drug-likeness (QED) is 0.177. The SMILES string of the molecule is CC[C@@H](C)C1OC(=O)[C@H](Cc2ccccc2)N(C)C(=O)[C@@H](C(C)C)OC(=O)[C@H](Cc2ccccc2)N(C)C(=O)[C@@H]([C@H](C)CC)OC(=O)[C@H](Cc2ccccc2)N(C)C1=O. The lowest BCUT2D eigenvalue weighted by Crippen LogP contribution is -2.57. The highest BCUT2D eigenvalue weighted by molar-refractivity contribution is 5.94. The third kappa shape index (κ3) is 11.8. The molecule has 0 N–H and O–H groups in total. The molecule has 1 heterocycles. The van der Waals surface area contributed by atoms with Crippen LogP contribution >= 0.6 is 0 Å². The molecular formula is C47H61N3O9. The molecule has 0 spiro atoms.